The molecular formula is C15H22O. The Morgan fingerprint density at radius 1 is 1.12 bits per heavy atom. The second-order valence-electron chi connectivity index (χ2n) is 4.18. The molecule has 0 bridgehead atoms. The van der Waals surface area contributed by atoms with Crippen molar-refractivity contribution in [1.82, 2.24) is 0 Å². The van der Waals surface area contributed by atoms with Crippen LogP contribution in [0.1, 0.15) is 38.2 Å². The van der Waals surface area contributed by atoms with E-state index >= 15 is 0 Å². The Hall–Kier alpha value is -1.08. The van der Waals surface area contributed by atoms with Crippen molar-refractivity contribution < 1.29 is 5.11 Å². The van der Waals surface area contributed by atoms with Crippen molar-refractivity contribution in [3.05, 3.63) is 48.0 Å². The Bertz CT molecular complexity index is 290. The number of allylic oxidation sites excluding steroid dienone is 1. The van der Waals surface area contributed by atoms with Crippen LogP contribution in [-0.4, -0.2) is 11.2 Å². The molecule has 0 heterocycles. The lowest BCUT2D eigenvalue weighted by molar-refractivity contribution is 0.208. The molecular weight excluding hydrogens is 196 g/mol. The van der Waals surface area contributed by atoms with Crippen molar-refractivity contribution in [2.75, 3.05) is 0 Å². The molecule has 88 valence electrons. The van der Waals surface area contributed by atoms with E-state index in [2.05, 4.69) is 30.3 Å². The molecule has 0 saturated carbocycles. The Balaban J connectivity index is 2.04. The van der Waals surface area contributed by atoms with Gasteiger partial charge in [0.15, 0.2) is 0 Å². The van der Waals surface area contributed by atoms with E-state index in [9.17, 15) is 5.11 Å². The van der Waals surface area contributed by atoms with Gasteiger partial charge in [-0.2, -0.15) is 0 Å². The number of aliphatic hydroxyl groups is 1. The zero-order chi connectivity index (χ0) is 11.6. The molecule has 0 aliphatic rings. The van der Waals surface area contributed by atoms with E-state index in [1.807, 2.05) is 19.1 Å². The molecule has 0 unspecified atom stereocenters. The van der Waals surface area contributed by atoms with E-state index in [1.54, 1.807) is 0 Å². The SMILES string of the molecule is C/C=C/[C@@H](O)CCCCCc1ccccc1. The number of rotatable bonds is 7. The van der Waals surface area contributed by atoms with Crippen molar-refractivity contribution in [1.29, 1.82) is 0 Å². The molecule has 1 aromatic rings. The third kappa shape index (κ3) is 5.72. The smallest absolute Gasteiger partial charge is 0.0720 e. The topological polar surface area (TPSA) is 20.2 Å². The first-order chi connectivity index (χ1) is 7.83. The van der Waals surface area contributed by atoms with E-state index in [1.165, 1.54) is 18.4 Å². The van der Waals surface area contributed by atoms with Gasteiger partial charge in [-0.05, 0) is 31.7 Å². The molecule has 1 nitrogen and oxygen atoms in total. The Morgan fingerprint density at radius 3 is 2.56 bits per heavy atom. The molecule has 1 aromatic carbocycles. The molecule has 0 saturated heterocycles. The van der Waals surface area contributed by atoms with Gasteiger partial charge in [0, 0.05) is 0 Å². The fourth-order valence-electron chi connectivity index (χ4n) is 1.82. The summed E-state index contributed by atoms with van der Waals surface area (Å²) in [5, 5.41) is 9.48. The highest BCUT2D eigenvalue weighted by atomic mass is 16.3. The minimum atomic E-state index is -0.248. The minimum absolute atomic E-state index is 0.248. The lowest BCUT2D eigenvalue weighted by Gasteiger charge is -2.05. The predicted molar refractivity (Wildman–Crippen MR) is 69.4 cm³/mol. The highest BCUT2D eigenvalue weighted by molar-refractivity contribution is 5.14. The molecule has 0 radical (unpaired) electrons. The maximum atomic E-state index is 9.48. The monoisotopic (exact) mass is 218 g/mol. The van der Waals surface area contributed by atoms with Crippen LogP contribution in [0, 0.1) is 0 Å². The summed E-state index contributed by atoms with van der Waals surface area (Å²) >= 11 is 0. The number of aliphatic hydroxyl groups excluding tert-OH is 1. The molecule has 0 spiro atoms. The predicted octanol–water partition coefficient (Wildman–Crippen LogP) is 3.73. The van der Waals surface area contributed by atoms with Crippen LogP contribution in [0.3, 0.4) is 0 Å². The molecule has 0 amide bonds. The van der Waals surface area contributed by atoms with Crippen molar-refractivity contribution in [3.8, 4) is 0 Å². The van der Waals surface area contributed by atoms with Crippen LogP contribution in [0.5, 0.6) is 0 Å². The molecule has 0 fully saturated rings. The van der Waals surface area contributed by atoms with Crippen LogP contribution >= 0.6 is 0 Å². The summed E-state index contributed by atoms with van der Waals surface area (Å²) in [6.07, 6.45) is 9.08. The normalized spacial score (nSPS) is 13.1. The highest BCUT2D eigenvalue weighted by Crippen LogP contribution is 2.09. The number of benzene rings is 1. The molecule has 1 rings (SSSR count). The summed E-state index contributed by atoms with van der Waals surface area (Å²) in [6, 6.07) is 10.6. The number of unbranched alkanes of at least 4 members (excludes halogenated alkanes) is 2. The van der Waals surface area contributed by atoms with E-state index < -0.39 is 0 Å². The van der Waals surface area contributed by atoms with Crippen LogP contribution < -0.4 is 0 Å². The van der Waals surface area contributed by atoms with Gasteiger partial charge in [0.2, 0.25) is 0 Å². The van der Waals surface area contributed by atoms with E-state index in [0.717, 1.165) is 19.3 Å². The van der Waals surface area contributed by atoms with Crippen LogP contribution in [0.4, 0.5) is 0 Å². The van der Waals surface area contributed by atoms with Gasteiger partial charge in [-0.3, -0.25) is 0 Å². The van der Waals surface area contributed by atoms with Gasteiger partial charge >= 0.3 is 0 Å². The summed E-state index contributed by atoms with van der Waals surface area (Å²) < 4.78 is 0. The maximum absolute atomic E-state index is 9.48. The molecule has 0 aliphatic carbocycles. The minimum Gasteiger partial charge on any atom is -0.389 e. The van der Waals surface area contributed by atoms with Crippen molar-refractivity contribution in [2.24, 2.45) is 0 Å². The second-order valence-corrected chi connectivity index (χ2v) is 4.18. The van der Waals surface area contributed by atoms with Gasteiger partial charge in [-0.15, -0.1) is 0 Å². The summed E-state index contributed by atoms with van der Waals surface area (Å²) in [6.45, 7) is 1.94. The molecule has 0 aromatic heterocycles. The quantitative estimate of drug-likeness (QED) is 0.546. The molecule has 1 atom stereocenters. The van der Waals surface area contributed by atoms with Gasteiger partial charge in [-0.25, -0.2) is 0 Å². The van der Waals surface area contributed by atoms with Crippen LogP contribution in [0.15, 0.2) is 42.5 Å². The summed E-state index contributed by atoms with van der Waals surface area (Å²) in [4.78, 5) is 0. The molecule has 1 heteroatoms. The van der Waals surface area contributed by atoms with Crippen molar-refractivity contribution >= 4 is 0 Å². The number of hydrogen-bond donors (Lipinski definition) is 1. The number of hydrogen-bond acceptors (Lipinski definition) is 1. The van der Waals surface area contributed by atoms with Gasteiger partial charge < -0.3 is 5.11 Å². The standard InChI is InChI=1S/C15H22O/c1-2-9-15(16)13-8-4-7-12-14-10-5-3-6-11-14/h2-3,5-6,9-11,15-16H,4,7-8,12-13H2,1H3/b9-2+/t15-/m1/s1. The first-order valence-electron chi connectivity index (χ1n) is 6.17. The Labute approximate surface area is 98.8 Å². The molecule has 0 aliphatic heterocycles. The Kier molecular flexibility index (Phi) is 6.59. The van der Waals surface area contributed by atoms with Gasteiger partial charge in [0.05, 0.1) is 6.10 Å². The first kappa shape index (κ1) is 13.0. The van der Waals surface area contributed by atoms with Crippen molar-refractivity contribution in [2.45, 2.75) is 45.1 Å². The van der Waals surface area contributed by atoms with E-state index in [-0.39, 0.29) is 6.10 Å². The van der Waals surface area contributed by atoms with Gasteiger partial charge in [-0.1, -0.05) is 55.3 Å². The first-order valence-corrected chi connectivity index (χ1v) is 6.17. The summed E-state index contributed by atoms with van der Waals surface area (Å²) in [5.41, 5.74) is 1.41. The van der Waals surface area contributed by atoms with Gasteiger partial charge in [0.25, 0.3) is 0 Å². The third-order valence-corrected chi connectivity index (χ3v) is 2.72. The average molecular weight is 218 g/mol. The average Bonchev–Trinajstić information content (AvgIpc) is 2.30. The van der Waals surface area contributed by atoms with Crippen LogP contribution in [0.25, 0.3) is 0 Å². The zero-order valence-corrected chi connectivity index (χ0v) is 10.1. The largest absolute Gasteiger partial charge is 0.389 e. The fourth-order valence-corrected chi connectivity index (χ4v) is 1.82. The van der Waals surface area contributed by atoms with Crippen LogP contribution in [0.2, 0.25) is 0 Å². The highest BCUT2D eigenvalue weighted by Gasteiger charge is 1.98. The lowest BCUT2D eigenvalue weighted by Crippen LogP contribution is -2.01. The van der Waals surface area contributed by atoms with E-state index in [4.69, 9.17) is 0 Å². The number of aryl methyl sites for hydroxylation is 1. The Morgan fingerprint density at radius 2 is 1.88 bits per heavy atom. The lowest BCUT2D eigenvalue weighted by atomic mass is 10.0. The zero-order valence-electron chi connectivity index (χ0n) is 10.1. The van der Waals surface area contributed by atoms with Crippen LogP contribution in [-0.2, 0) is 6.42 Å². The van der Waals surface area contributed by atoms with Gasteiger partial charge in [0.1, 0.15) is 0 Å². The third-order valence-electron chi connectivity index (χ3n) is 2.72. The molecule has 1 N–H and O–H groups in total. The second kappa shape index (κ2) is 8.12. The summed E-state index contributed by atoms with van der Waals surface area (Å²) in [7, 11) is 0. The molecule has 16 heavy (non-hydrogen) atoms. The summed E-state index contributed by atoms with van der Waals surface area (Å²) in [5.74, 6) is 0. The fraction of sp³-hybridized carbons (Fsp3) is 0.467. The van der Waals surface area contributed by atoms with Crippen molar-refractivity contribution in [3.63, 3.8) is 0 Å². The van der Waals surface area contributed by atoms with E-state index in [0.29, 0.717) is 0 Å². The maximum Gasteiger partial charge on any atom is 0.0720 e.